The number of nitrogens with zero attached hydrogens (tertiary/aromatic N) is 2. The monoisotopic (exact) mass is 376 g/mol. The van der Waals surface area contributed by atoms with E-state index in [4.69, 9.17) is 13.9 Å². The van der Waals surface area contributed by atoms with Gasteiger partial charge < -0.3 is 13.9 Å². The summed E-state index contributed by atoms with van der Waals surface area (Å²) in [5.41, 5.74) is 0.397. The molecule has 140 valence electrons. The minimum Gasteiger partial charge on any atom is -0.490 e. The number of carbonyl (C=O) groups is 1. The number of carbonyl (C=O) groups excluding carboxylic acids is 1. The van der Waals surface area contributed by atoms with Gasteiger partial charge in [0, 0.05) is 5.56 Å². The van der Waals surface area contributed by atoms with Gasteiger partial charge in [-0.1, -0.05) is 0 Å². The molecule has 3 aromatic rings. The molecule has 0 saturated heterocycles. The molecule has 7 nitrogen and oxygen atoms in total. The predicted octanol–water partition coefficient (Wildman–Crippen LogP) is 2.40. The summed E-state index contributed by atoms with van der Waals surface area (Å²) in [4.78, 5) is 23.5. The lowest BCUT2D eigenvalue weighted by Crippen LogP contribution is -2.24. The van der Waals surface area contributed by atoms with Gasteiger partial charge in [-0.15, -0.1) is 5.10 Å². The Balaban J connectivity index is 1.50. The molecule has 3 rings (SSSR count). The Morgan fingerprint density at radius 2 is 1.63 bits per heavy atom. The fraction of sp³-hybridized carbons (Fsp3) is 0.167. The van der Waals surface area contributed by atoms with Gasteiger partial charge in [-0.25, -0.2) is 13.6 Å². The van der Waals surface area contributed by atoms with Gasteiger partial charge in [-0.2, -0.15) is 4.68 Å². The third-order valence-corrected chi connectivity index (χ3v) is 3.41. The molecule has 0 saturated carbocycles. The predicted molar refractivity (Wildman–Crippen MR) is 89.0 cm³/mol. The van der Waals surface area contributed by atoms with Crippen molar-refractivity contribution in [2.45, 2.75) is 6.54 Å². The van der Waals surface area contributed by atoms with Crippen LogP contribution in [0.2, 0.25) is 0 Å². The first-order chi connectivity index (χ1) is 13.0. The van der Waals surface area contributed by atoms with Crippen LogP contribution in [0.1, 0.15) is 0 Å². The lowest BCUT2D eigenvalue weighted by Gasteiger charge is -2.07. The smallest absolute Gasteiger partial charge is 0.437 e. The van der Waals surface area contributed by atoms with Crippen molar-refractivity contribution < 1.29 is 27.5 Å². The Kier molecular flexibility index (Phi) is 5.60. The van der Waals surface area contributed by atoms with Gasteiger partial charge in [-0.3, -0.25) is 4.79 Å². The summed E-state index contributed by atoms with van der Waals surface area (Å²) in [7, 11) is 0. The molecule has 0 aliphatic carbocycles. The number of ether oxygens (including phenoxy) is 2. The fourth-order valence-electron chi connectivity index (χ4n) is 2.13. The number of hydrogen-bond donors (Lipinski definition) is 0. The van der Waals surface area contributed by atoms with Gasteiger partial charge in [0.05, 0.1) is 0 Å². The van der Waals surface area contributed by atoms with Gasteiger partial charge in [0.1, 0.15) is 37.1 Å². The summed E-state index contributed by atoms with van der Waals surface area (Å²) in [6, 6.07) is 10.6. The highest BCUT2D eigenvalue weighted by molar-refractivity contribution is 5.69. The molecule has 0 radical (unpaired) electrons. The summed E-state index contributed by atoms with van der Waals surface area (Å²) < 4.78 is 41.7. The van der Waals surface area contributed by atoms with Crippen molar-refractivity contribution in [2.24, 2.45) is 0 Å². The average Bonchev–Trinajstić information content (AvgIpc) is 3.01. The van der Waals surface area contributed by atoms with E-state index in [1.807, 2.05) is 0 Å². The van der Waals surface area contributed by atoms with Crippen molar-refractivity contribution in [2.75, 3.05) is 13.2 Å². The van der Waals surface area contributed by atoms with Crippen LogP contribution in [0.4, 0.5) is 8.78 Å². The van der Waals surface area contributed by atoms with Crippen LogP contribution < -0.4 is 10.5 Å². The van der Waals surface area contributed by atoms with Crippen LogP contribution in [-0.2, 0) is 16.1 Å². The maximum atomic E-state index is 12.9. The zero-order chi connectivity index (χ0) is 19.2. The van der Waals surface area contributed by atoms with Gasteiger partial charge >= 0.3 is 11.7 Å². The molecular weight excluding hydrogens is 362 g/mol. The summed E-state index contributed by atoms with van der Waals surface area (Å²) in [6.07, 6.45) is 0. The van der Waals surface area contributed by atoms with E-state index in [1.165, 1.54) is 48.5 Å². The minimum atomic E-state index is -0.839. The lowest BCUT2D eigenvalue weighted by atomic mass is 10.2. The number of rotatable bonds is 7. The van der Waals surface area contributed by atoms with E-state index in [9.17, 15) is 18.4 Å². The van der Waals surface area contributed by atoms with Crippen LogP contribution >= 0.6 is 0 Å². The second-order valence-corrected chi connectivity index (χ2v) is 5.36. The second kappa shape index (κ2) is 8.26. The molecule has 1 heterocycles. The molecule has 0 aliphatic heterocycles. The molecule has 9 heteroatoms. The summed E-state index contributed by atoms with van der Waals surface area (Å²) in [5.74, 6) is -1.97. The van der Waals surface area contributed by atoms with Crippen molar-refractivity contribution in [3.05, 3.63) is 70.7 Å². The largest absolute Gasteiger partial charge is 0.490 e. The Hall–Kier alpha value is -3.49. The molecule has 0 N–H and O–H groups in total. The van der Waals surface area contributed by atoms with Crippen LogP contribution in [0.25, 0.3) is 11.5 Å². The molecule has 0 amide bonds. The van der Waals surface area contributed by atoms with Gasteiger partial charge in [0.25, 0.3) is 0 Å². The quantitative estimate of drug-likeness (QED) is 0.465. The van der Waals surface area contributed by atoms with E-state index in [1.54, 1.807) is 0 Å². The maximum absolute atomic E-state index is 12.9. The molecule has 2 aromatic carbocycles. The highest BCUT2D eigenvalue weighted by atomic mass is 19.1. The molecule has 27 heavy (non-hydrogen) atoms. The number of aromatic nitrogens is 2. The van der Waals surface area contributed by atoms with Gasteiger partial charge in [-0.05, 0) is 48.5 Å². The van der Waals surface area contributed by atoms with Crippen molar-refractivity contribution >= 4 is 5.97 Å². The van der Waals surface area contributed by atoms with Gasteiger partial charge in [0.15, 0.2) is 0 Å². The van der Waals surface area contributed by atoms with E-state index in [-0.39, 0.29) is 24.9 Å². The number of benzene rings is 2. The lowest BCUT2D eigenvalue weighted by molar-refractivity contribution is -0.145. The highest BCUT2D eigenvalue weighted by Gasteiger charge is 2.14. The SMILES string of the molecule is O=C(Cn1nc(-c2ccc(F)cc2)oc1=O)OCCOc1ccc(F)cc1. The Morgan fingerprint density at radius 1 is 1.00 bits per heavy atom. The van der Waals surface area contributed by atoms with Crippen LogP contribution in [0, 0.1) is 11.6 Å². The third kappa shape index (κ3) is 5.00. The molecule has 0 bridgehead atoms. The third-order valence-electron chi connectivity index (χ3n) is 3.41. The Morgan fingerprint density at radius 3 is 2.30 bits per heavy atom. The highest BCUT2D eigenvalue weighted by Crippen LogP contribution is 2.15. The van der Waals surface area contributed by atoms with E-state index in [0.29, 0.717) is 11.3 Å². The first kappa shape index (κ1) is 18.3. The van der Waals surface area contributed by atoms with Crippen molar-refractivity contribution in [1.29, 1.82) is 0 Å². The normalized spacial score (nSPS) is 10.6. The van der Waals surface area contributed by atoms with Crippen molar-refractivity contribution in [3.8, 4) is 17.2 Å². The number of hydrogen-bond acceptors (Lipinski definition) is 6. The van der Waals surface area contributed by atoms with Crippen molar-refractivity contribution in [1.82, 2.24) is 9.78 Å². The molecule has 0 aliphatic rings. The van der Waals surface area contributed by atoms with Crippen LogP contribution in [-0.4, -0.2) is 29.0 Å². The molecule has 1 aromatic heterocycles. The first-order valence-corrected chi connectivity index (χ1v) is 7.89. The molecule has 0 unspecified atom stereocenters. The summed E-state index contributed by atoms with van der Waals surface area (Å²) >= 11 is 0. The standard InChI is InChI=1S/C18H14F2N2O5/c19-13-3-1-12(2-4-13)17-21-22(18(24)27-17)11-16(23)26-10-9-25-15-7-5-14(20)6-8-15/h1-8H,9-11H2. The maximum Gasteiger partial charge on any atom is 0.437 e. The fourth-order valence-corrected chi connectivity index (χ4v) is 2.13. The summed E-state index contributed by atoms with van der Waals surface area (Å²) in [5, 5.41) is 3.88. The average molecular weight is 376 g/mol. The molecule has 0 atom stereocenters. The first-order valence-electron chi connectivity index (χ1n) is 7.89. The van der Waals surface area contributed by atoms with E-state index in [2.05, 4.69) is 5.10 Å². The van der Waals surface area contributed by atoms with E-state index in [0.717, 1.165) is 4.68 Å². The number of esters is 1. The second-order valence-electron chi connectivity index (χ2n) is 5.36. The van der Waals surface area contributed by atoms with Crippen LogP contribution in [0.5, 0.6) is 5.75 Å². The topological polar surface area (TPSA) is 83.6 Å². The zero-order valence-electron chi connectivity index (χ0n) is 13.9. The van der Waals surface area contributed by atoms with E-state index >= 15 is 0 Å². The zero-order valence-corrected chi connectivity index (χ0v) is 13.9. The molecule has 0 fully saturated rings. The van der Waals surface area contributed by atoms with E-state index < -0.39 is 24.1 Å². The van der Waals surface area contributed by atoms with Crippen LogP contribution in [0.3, 0.4) is 0 Å². The van der Waals surface area contributed by atoms with Gasteiger partial charge in [0.2, 0.25) is 5.89 Å². The van der Waals surface area contributed by atoms with Crippen LogP contribution in [0.15, 0.2) is 57.7 Å². The van der Waals surface area contributed by atoms with Crippen molar-refractivity contribution in [3.63, 3.8) is 0 Å². The Bertz CT molecular complexity index is 965. The molecular formula is C18H14F2N2O5. The summed E-state index contributed by atoms with van der Waals surface area (Å²) in [6.45, 7) is -0.445. The number of halogens is 2. The molecule has 0 spiro atoms. The minimum absolute atomic E-state index is 0.0348. The Labute approximate surface area is 151 Å².